The largest absolute Gasteiger partial charge is 0.428 e. The van der Waals surface area contributed by atoms with Crippen LogP contribution in [0, 0.1) is 5.39 Å². The van der Waals surface area contributed by atoms with Crippen molar-refractivity contribution in [2.45, 2.75) is 36.0 Å². The van der Waals surface area contributed by atoms with Gasteiger partial charge in [0, 0.05) is 12.1 Å². The predicted molar refractivity (Wildman–Crippen MR) is 94.0 cm³/mol. The highest BCUT2D eigenvalue weighted by Crippen LogP contribution is 2.37. The lowest BCUT2D eigenvalue weighted by Gasteiger charge is -2.05. The Hall–Kier alpha value is -2.28. The van der Waals surface area contributed by atoms with E-state index in [1.807, 2.05) is 24.3 Å². The minimum absolute atomic E-state index is 0.241. The van der Waals surface area contributed by atoms with Crippen molar-refractivity contribution in [3.05, 3.63) is 63.2 Å². The molecule has 0 N–H and O–H groups in total. The van der Waals surface area contributed by atoms with Crippen LogP contribution in [0.15, 0.2) is 58.3 Å². The van der Waals surface area contributed by atoms with Crippen LogP contribution in [0.4, 0.5) is 5.69 Å². The highest BCUT2D eigenvalue weighted by molar-refractivity contribution is 8.14. The van der Waals surface area contributed by atoms with Crippen LogP contribution in [-0.4, -0.2) is 16.8 Å². The molecule has 0 fully saturated rings. The smallest absolute Gasteiger partial charge is 0.385 e. The molecule has 3 rings (SSSR count). The van der Waals surface area contributed by atoms with E-state index in [4.69, 9.17) is 5.39 Å². The van der Waals surface area contributed by atoms with Crippen LogP contribution in [0.1, 0.15) is 25.3 Å². The predicted octanol–water partition coefficient (Wildman–Crippen LogP) is 3.97. The molecule has 0 unspecified atom stereocenters. The van der Waals surface area contributed by atoms with Crippen molar-refractivity contribution in [2.24, 2.45) is 0 Å². The second-order valence-corrected chi connectivity index (χ2v) is 8.72. The normalized spacial score (nSPS) is 16.2. The summed E-state index contributed by atoms with van der Waals surface area (Å²) in [6.45, 7) is 2.18. The summed E-state index contributed by atoms with van der Waals surface area (Å²) in [6.07, 6.45) is 3.55. The van der Waals surface area contributed by atoms with Crippen LogP contribution in [0.5, 0.6) is 0 Å². The zero-order valence-electron chi connectivity index (χ0n) is 13.5. The van der Waals surface area contributed by atoms with E-state index in [1.54, 1.807) is 0 Å². The van der Waals surface area contributed by atoms with Gasteiger partial charge in [-0.3, -0.25) is 0 Å². The van der Waals surface area contributed by atoms with Gasteiger partial charge in [0.2, 0.25) is 5.39 Å². The van der Waals surface area contributed by atoms with Gasteiger partial charge in [0.1, 0.15) is 20.0 Å². The van der Waals surface area contributed by atoms with Gasteiger partial charge in [-0.05, 0) is 30.5 Å². The number of rotatable bonds is 3. The van der Waals surface area contributed by atoms with E-state index in [9.17, 15) is 16.8 Å². The summed E-state index contributed by atoms with van der Waals surface area (Å²) in [5.74, 6) is 0. The van der Waals surface area contributed by atoms with E-state index in [1.165, 1.54) is 42.7 Å². The van der Waals surface area contributed by atoms with Crippen molar-refractivity contribution >= 4 is 25.7 Å². The first-order valence-electron chi connectivity index (χ1n) is 7.57. The fraction of sp³-hybridized carbons (Fsp3) is 0.250. The third kappa shape index (κ3) is 4.63. The van der Waals surface area contributed by atoms with Crippen molar-refractivity contribution in [2.75, 3.05) is 0 Å². The van der Waals surface area contributed by atoms with Crippen LogP contribution in [0.2, 0.25) is 0 Å². The Labute approximate surface area is 147 Å². The zero-order valence-corrected chi connectivity index (χ0v) is 15.2. The molecule has 0 bridgehead atoms. The first-order valence-corrected chi connectivity index (χ1v) is 10.5. The maximum absolute atomic E-state index is 11.1. The third-order valence-corrected chi connectivity index (χ3v) is 6.99. The lowest BCUT2D eigenvalue weighted by Crippen LogP contribution is -1.92. The van der Waals surface area contributed by atoms with Gasteiger partial charge < -0.3 is 4.13 Å². The molecule has 1 aliphatic rings. The van der Waals surface area contributed by atoms with Crippen molar-refractivity contribution in [1.29, 1.82) is 5.39 Å². The van der Waals surface area contributed by atoms with Crippen LogP contribution in [0.3, 0.4) is 0 Å². The fourth-order valence-corrected chi connectivity index (χ4v) is 5.65. The van der Waals surface area contributed by atoms with Crippen molar-refractivity contribution in [1.82, 2.24) is 0 Å². The van der Waals surface area contributed by atoms with E-state index in [2.05, 4.69) is 16.0 Å². The Bertz CT molecular complexity index is 941. The maximum atomic E-state index is 11.1. The monoisotopic (exact) mass is 379 g/mol. The molecule has 0 atom stereocenters. The van der Waals surface area contributed by atoms with E-state index >= 15 is 0 Å². The standard InChI is InChI=1S/C10H13N2.C6H4NO4S2/c1-2-3-4-9-5-7-10(12-11)8-6-9;8-12(9)5-3-1-2-4-6(5)13(10,11)7-12/h5-8H,2-4H2,1H3;1-4H/q+1;-1. The Morgan fingerprint density at radius 2 is 1.44 bits per heavy atom. The molecule has 0 saturated carbocycles. The number of benzene rings is 2. The number of aryl methyl sites for hydroxylation is 1. The second kappa shape index (κ2) is 7.74. The summed E-state index contributed by atoms with van der Waals surface area (Å²) in [7, 11) is -7.95. The summed E-state index contributed by atoms with van der Waals surface area (Å²) in [6, 6.07) is 13.0. The molecule has 132 valence electrons. The highest BCUT2D eigenvalue weighted by Gasteiger charge is 2.26. The lowest BCUT2D eigenvalue weighted by molar-refractivity contribution is 0.603. The Kier molecular flexibility index (Phi) is 5.89. The average Bonchev–Trinajstić information content (AvgIpc) is 2.79. The van der Waals surface area contributed by atoms with E-state index < -0.39 is 20.0 Å². The Balaban J connectivity index is 0.000000181. The third-order valence-electron chi connectivity index (χ3n) is 3.47. The van der Waals surface area contributed by atoms with Gasteiger partial charge in [-0.2, -0.15) is 0 Å². The number of hydrogen-bond acceptors (Lipinski definition) is 5. The number of unbranched alkanes of at least 4 members (excludes halogenated alkanes) is 1. The molecule has 0 amide bonds. The summed E-state index contributed by atoms with van der Waals surface area (Å²) < 4.78 is 47.3. The quantitative estimate of drug-likeness (QED) is 0.749. The molecule has 0 aliphatic carbocycles. The summed E-state index contributed by atoms with van der Waals surface area (Å²) >= 11 is 0. The Morgan fingerprint density at radius 1 is 0.920 bits per heavy atom. The molecule has 0 radical (unpaired) electrons. The van der Waals surface area contributed by atoms with E-state index in [0.29, 0.717) is 5.69 Å². The van der Waals surface area contributed by atoms with Gasteiger partial charge in [-0.15, -0.1) is 0 Å². The molecule has 9 heteroatoms. The van der Waals surface area contributed by atoms with E-state index in [-0.39, 0.29) is 9.79 Å². The Morgan fingerprint density at radius 3 is 1.88 bits per heavy atom. The van der Waals surface area contributed by atoms with Gasteiger partial charge >= 0.3 is 5.69 Å². The number of hydrogen-bond donors (Lipinski definition) is 0. The van der Waals surface area contributed by atoms with Gasteiger partial charge in [-0.1, -0.05) is 37.6 Å². The second-order valence-electron chi connectivity index (χ2n) is 5.34. The van der Waals surface area contributed by atoms with Crippen molar-refractivity contribution in [3.8, 4) is 0 Å². The van der Waals surface area contributed by atoms with E-state index in [0.717, 1.165) is 6.42 Å². The summed E-state index contributed by atoms with van der Waals surface area (Å²) in [5, 5.41) is 8.43. The number of sulfonamides is 2. The van der Waals surface area contributed by atoms with Crippen molar-refractivity contribution in [3.63, 3.8) is 0 Å². The molecule has 7 nitrogen and oxygen atoms in total. The molecule has 0 aromatic heterocycles. The molecule has 1 aliphatic heterocycles. The van der Waals surface area contributed by atoms with Gasteiger partial charge in [0.25, 0.3) is 0 Å². The van der Waals surface area contributed by atoms with Gasteiger partial charge in [0.15, 0.2) is 4.98 Å². The first kappa shape index (κ1) is 19.1. The average molecular weight is 379 g/mol. The highest BCUT2D eigenvalue weighted by atomic mass is 32.3. The molecule has 2 aromatic rings. The lowest BCUT2D eigenvalue weighted by atomic mass is 10.1. The summed E-state index contributed by atoms with van der Waals surface area (Å²) in [5.41, 5.74) is 1.93. The first-order chi connectivity index (χ1) is 11.8. The summed E-state index contributed by atoms with van der Waals surface area (Å²) in [4.78, 5) is 2.61. The van der Waals surface area contributed by atoms with Gasteiger partial charge in [0.05, 0.1) is 9.79 Å². The SMILES string of the molecule is CCCCc1ccc([N+]#N)cc1.O=S1(=O)[N-]S(=O)(=O)c2ccccc21. The van der Waals surface area contributed by atoms with Crippen molar-refractivity contribution < 1.29 is 16.8 Å². The minimum Gasteiger partial charge on any atom is -0.428 e. The fourth-order valence-electron chi connectivity index (χ4n) is 2.20. The topological polar surface area (TPSA) is 111 Å². The van der Waals surface area contributed by atoms with Crippen LogP contribution in [-0.2, 0) is 26.5 Å². The molecular formula is C16H17N3O4S2. The van der Waals surface area contributed by atoms with Crippen LogP contribution in [0.25, 0.3) is 9.10 Å². The maximum Gasteiger partial charge on any atom is 0.385 e. The molecule has 2 aromatic carbocycles. The van der Waals surface area contributed by atoms with Gasteiger partial charge in [-0.25, -0.2) is 16.8 Å². The number of diazo groups is 1. The number of nitrogens with zero attached hydrogens (tertiary/aromatic N) is 3. The zero-order chi connectivity index (χ0) is 18.5. The molecular weight excluding hydrogens is 362 g/mol. The molecule has 0 spiro atoms. The molecule has 1 heterocycles. The minimum atomic E-state index is -3.98. The van der Waals surface area contributed by atoms with Crippen LogP contribution < -0.4 is 0 Å². The van der Waals surface area contributed by atoms with Crippen LogP contribution >= 0.6 is 0 Å². The molecule has 0 saturated heterocycles. The number of fused-ring (bicyclic) bond motifs is 1. The molecule has 25 heavy (non-hydrogen) atoms.